The molecule has 296 valence electrons. The monoisotopic (exact) mass is 884 g/mol. The molecule has 3 aromatic rings. The lowest BCUT2D eigenvalue weighted by atomic mass is 9.97. The Morgan fingerprint density at radius 2 is 1.46 bits per heavy atom. The highest BCUT2D eigenvalue weighted by molar-refractivity contribution is 14.1. The molecular formula is C45H65IO6Si2. The first-order valence-corrected chi connectivity index (χ1v) is 25.9. The third-order valence-corrected chi connectivity index (χ3v) is 18.3. The maximum Gasteiger partial charge on any atom is 0.332 e. The molecule has 0 amide bonds. The fourth-order valence-corrected chi connectivity index (χ4v) is 14.7. The van der Waals surface area contributed by atoms with Crippen molar-refractivity contribution < 1.29 is 27.5 Å². The van der Waals surface area contributed by atoms with Crippen LogP contribution in [0.4, 0.5) is 0 Å². The van der Waals surface area contributed by atoms with Crippen LogP contribution in [0.3, 0.4) is 0 Å². The van der Waals surface area contributed by atoms with E-state index in [1.165, 1.54) is 16.8 Å². The Kier molecular flexibility index (Phi) is 17.7. The van der Waals surface area contributed by atoms with Crippen molar-refractivity contribution in [3.05, 3.63) is 116 Å². The van der Waals surface area contributed by atoms with Crippen LogP contribution < -0.4 is 15.1 Å². The molecule has 1 saturated heterocycles. The van der Waals surface area contributed by atoms with Gasteiger partial charge in [-0.2, -0.15) is 0 Å². The van der Waals surface area contributed by atoms with Crippen molar-refractivity contribution in [2.75, 3.05) is 18.1 Å². The van der Waals surface area contributed by atoms with Crippen molar-refractivity contribution in [1.82, 2.24) is 0 Å². The molecule has 1 fully saturated rings. The van der Waals surface area contributed by atoms with Gasteiger partial charge in [0.15, 0.2) is 0 Å². The van der Waals surface area contributed by atoms with E-state index in [1.807, 2.05) is 24.3 Å². The summed E-state index contributed by atoms with van der Waals surface area (Å²) in [5, 5.41) is 2.36. The van der Waals surface area contributed by atoms with Gasteiger partial charge in [0, 0.05) is 10.3 Å². The zero-order chi connectivity index (χ0) is 39.2. The fourth-order valence-electron chi connectivity index (χ4n) is 7.51. The molecule has 0 radical (unpaired) electrons. The number of halogens is 1. The minimum absolute atomic E-state index is 0.0233. The Bertz CT molecular complexity index is 1490. The Morgan fingerprint density at radius 1 is 0.852 bits per heavy atom. The van der Waals surface area contributed by atoms with Gasteiger partial charge >= 0.3 is 8.56 Å². The second-order valence-electron chi connectivity index (χ2n) is 16.1. The summed E-state index contributed by atoms with van der Waals surface area (Å²) in [6.45, 7) is 22.6. The molecule has 0 saturated carbocycles. The van der Waals surface area contributed by atoms with Crippen LogP contribution in [0.15, 0.2) is 110 Å². The molecule has 1 unspecified atom stereocenters. The van der Waals surface area contributed by atoms with Crippen LogP contribution in [-0.2, 0) is 29.4 Å². The highest BCUT2D eigenvalue weighted by atomic mass is 127. The molecule has 1 aliphatic heterocycles. The van der Waals surface area contributed by atoms with Crippen LogP contribution in [-0.4, -0.2) is 65.5 Å². The van der Waals surface area contributed by atoms with Gasteiger partial charge in [0.1, 0.15) is 5.75 Å². The van der Waals surface area contributed by atoms with Gasteiger partial charge in [-0.25, -0.2) is 0 Å². The number of ether oxygens (including phenoxy) is 3. The molecule has 6 atom stereocenters. The first-order chi connectivity index (χ1) is 25.8. The minimum Gasteiger partial charge on any atom is -0.497 e. The number of alkyl halides is 1. The SMILES string of the molecule is C=CC(CC[C@@H](C[C@@H]1CCC[C@H](CI)O1)OCc1ccc(OC)cc1)O[Si](C)(C)O[C@@H](CO[Si](c1ccccc1)(c1ccccc1)C(C)(C)C)[C@H](C)C=C. The van der Waals surface area contributed by atoms with Crippen LogP contribution in [0.5, 0.6) is 5.75 Å². The summed E-state index contributed by atoms with van der Waals surface area (Å²) in [5.41, 5.74) is 1.12. The van der Waals surface area contributed by atoms with Gasteiger partial charge in [0.25, 0.3) is 8.32 Å². The quantitative estimate of drug-likeness (QED) is 0.0434. The smallest absolute Gasteiger partial charge is 0.332 e. The first-order valence-electron chi connectivity index (χ1n) is 19.7. The van der Waals surface area contributed by atoms with E-state index in [2.05, 4.69) is 149 Å². The molecule has 9 heteroatoms. The van der Waals surface area contributed by atoms with Crippen molar-refractivity contribution in [3.8, 4) is 5.75 Å². The summed E-state index contributed by atoms with van der Waals surface area (Å²) in [7, 11) is -3.77. The molecular weight excluding hydrogens is 820 g/mol. The first kappa shape index (κ1) is 44.6. The van der Waals surface area contributed by atoms with Gasteiger partial charge in [0.05, 0.1) is 50.8 Å². The lowest BCUT2D eigenvalue weighted by molar-refractivity contribution is -0.0746. The van der Waals surface area contributed by atoms with Gasteiger partial charge in [-0.15, -0.1) is 13.2 Å². The van der Waals surface area contributed by atoms with Crippen LogP contribution in [0.25, 0.3) is 0 Å². The third-order valence-electron chi connectivity index (χ3n) is 10.5. The summed E-state index contributed by atoms with van der Waals surface area (Å²) >= 11 is 2.44. The predicted molar refractivity (Wildman–Crippen MR) is 237 cm³/mol. The molecule has 54 heavy (non-hydrogen) atoms. The molecule has 0 spiro atoms. The number of hydrogen-bond acceptors (Lipinski definition) is 6. The largest absolute Gasteiger partial charge is 0.497 e. The molecule has 3 aromatic carbocycles. The summed E-state index contributed by atoms with van der Waals surface area (Å²) in [5.74, 6) is 0.897. The van der Waals surface area contributed by atoms with Crippen LogP contribution in [0.1, 0.15) is 71.8 Å². The lowest BCUT2D eigenvalue weighted by Crippen LogP contribution is -2.67. The van der Waals surface area contributed by atoms with E-state index in [0.717, 1.165) is 47.8 Å². The van der Waals surface area contributed by atoms with Crippen LogP contribution >= 0.6 is 22.6 Å². The number of hydrogen-bond donors (Lipinski definition) is 0. The molecule has 1 aliphatic rings. The minimum atomic E-state index is -2.76. The molecule has 0 N–H and O–H groups in total. The average Bonchev–Trinajstić information content (AvgIpc) is 3.18. The summed E-state index contributed by atoms with van der Waals surface area (Å²) in [4.78, 5) is 0. The highest BCUT2D eigenvalue weighted by Crippen LogP contribution is 2.37. The van der Waals surface area contributed by atoms with Crippen LogP contribution in [0, 0.1) is 5.92 Å². The van der Waals surface area contributed by atoms with E-state index in [0.29, 0.717) is 19.3 Å². The van der Waals surface area contributed by atoms with E-state index >= 15 is 0 Å². The van der Waals surface area contributed by atoms with Crippen molar-refractivity contribution in [3.63, 3.8) is 0 Å². The van der Waals surface area contributed by atoms with E-state index in [1.54, 1.807) is 7.11 Å². The highest BCUT2D eigenvalue weighted by Gasteiger charge is 2.51. The summed E-state index contributed by atoms with van der Waals surface area (Å²) < 4.78 is 40.7. The van der Waals surface area contributed by atoms with Crippen molar-refractivity contribution in [1.29, 1.82) is 0 Å². The summed E-state index contributed by atoms with van der Waals surface area (Å²) in [6, 6.07) is 29.6. The number of methoxy groups -OCH3 is 1. The van der Waals surface area contributed by atoms with Gasteiger partial charge in [-0.05, 0) is 84.7 Å². The van der Waals surface area contributed by atoms with Gasteiger partial charge in [-0.3, -0.25) is 0 Å². The Hall–Kier alpha value is -2.10. The number of rotatable bonds is 22. The molecule has 0 aliphatic carbocycles. The molecule has 1 heterocycles. The van der Waals surface area contributed by atoms with E-state index in [4.69, 9.17) is 27.5 Å². The number of benzene rings is 3. The van der Waals surface area contributed by atoms with E-state index < -0.39 is 16.9 Å². The van der Waals surface area contributed by atoms with Crippen molar-refractivity contribution in [2.24, 2.45) is 5.92 Å². The third kappa shape index (κ3) is 12.7. The molecule has 0 aromatic heterocycles. The lowest BCUT2D eigenvalue weighted by Gasteiger charge is -2.44. The Balaban J connectivity index is 1.47. The van der Waals surface area contributed by atoms with Crippen LogP contribution in [0.2, 0.25) is 18.1 Å². The zero-order valence-corrected chi connectivity index (χ0v) is 38.0. The van der Waals surface area contributed by atoms with Gasteiger partial charge < -0.3 is 27.5 Å². The van der Waals surface area contributed by atoms with Crippen molar-refractivity contribution in [2.45, 2.75) is 121 Å². The average molecular weight is 885 g/mol. The molecule has 4 rings (SSSR count). The molecule has 6 nitrogen and oxygen atoms in total. The summed E-state index contributed by atoms with van der Waals surface area (Å²) in [6.07, 6.45) is 9.91. The van der Waals surface area contributed by atoms with E-state index in [-0.39, 0.29) is 35.4 Å². The van der Waals surface area contributed by atoms with E-state index in [9.17, 15) is 0 Å². The van der Waals surface area contributed by atoms with Crippen molar-refractivity contribution >= 4 is 49.8 Å². The second kappa shape index (κ2) is 21.4. The molecule has 0 bridgehead atoms. The van der Waals surface area contributed by atoms with Gasteiger partial charge in [-0.1, -0.05) is 135 Å². The standard InChI is InChI=1S/C45H65IO6Si2/c1-10-35(3)44(34-49-54(45(4,5)6,42-21-14-12-15-22-42)43-23-16-13-17-24-43)52-53(8,9)51-37(11-2)29-30-39(31-40-19-18-20-41(32-46)50-40)48-33-36-25-27-38(47-7)28-26-36/h10-17,21-28,35,37,39-41,44H,1-2,18-20,29-34H2,3-9H3/t35-,37?,39+,40+,41-,44+/m1/s1. The predicted octanol–water partition coefficient (Wildman–Crippen LogP) is 10.2. The van der Waals surface area contributed by atoms with Gasteiger partial charge in [0.2, 0.25) is 0 Å². The topological polar surface area (TPSA) is 55.4 Å². The normalized spacial score (nSPS) is 19.0. The maximum absolute atomic E-state index is 7.35. The maximum atomic E-state index is 7.35. The Labute approximate surface area is 342 Å². The second-order valence-corrected chi connectivity index (χ2v) is 24.5. The zero-order valence-electron chi connectivity index (χ0n) is 33.8. The fraction of sp³-hybridized carbons (Fsp3) is 0.511. The Morgan fingerprint density at radius 3 is 2.00 bits per heavy atom.